The van der Waals surface area contributed by atoms with Gasteiger partial charge in [-0.3, -0.25) is 14.6 Å². The molecular formula is C45H53F6N3O4Si. The molecule has 0 spiro atoms. The molecule has 0 radical (unpaired) electrons. The molecule has 2 atom stereocenters. The minimum atomic E-state index is -5.08. The van der Waals surface area contributed by atoms with Crippen molar-refractivity contribution in [3.05, 3.63) is 125 Å². The van der Waals surface area contributed by atoms with Crippen molar-refractivity contribution in [3.63, 3.8) is 0 Å². The minimum Gasteiger partial charge on any atom is -0.534 e. The average Bonchev–Trinajstić information content (AvgIpc) is 3.19. The van der Waals surface area contributed by atoms with E-state index in [9.17, 15) is 31.1 Å². The van der Waals surface area contributed by atoms with Gasteiger partial charge in [-0.1, -0.05) is 93.6 Å². The van der Waals surface area contributed by atoms with Crippen LogP contribution in [0.2, 0.25) is 5.04 Å². The van der Waals surface area contributed by atoms with E-state index in [4.69, 9.17) is 13.9 Å². The summed E-state index contributed by atoms with van der Waals surface area (Å²) in [5, 5.41) is 1.86. The van der Waals surface area contributed by atoms with Gasteiger partial charge in [0.05, 0.1) is 30.4 Å². The Morgan fingerprint density at radius 3 is 1.88 bits per heavy atom. The van der Waals surface area contributed by atoms with Crippen molar-refractivity contribution in [3.8, 4) is 5.75 Å². The fourth-order valence-corrected chi connectivity index (χ4v) is 12.8. The average molecular weight is 842 g/mol. The van der Waals surface area contributed by atoms with Gasteiger partial charge in [-0.05, 0) is 64.1 Å². The number of rotatable bonds is 12. The van der Waals surface area contributed by atoms with Crippen molar-refractivity contribution in [1.82, 2.24) is 14.7 Å². The van der Waals surface area contributed by atoms with E-state index in [0.29, 0.717) is 63.8 Å². The number of carbonyl (C=O) groups is 1. The summed E-state index contributed by atoms with van der Waals surface area (Å²) in [4.78, 5) is 20.2. The van der Waals surface area contributed by atoms with Crippen molar-refractivity contribution in [2.45, 2.75) is 63.7 Å². The number of nitrogens with zero attached hydrogens (tertiary/aromatic N) is 3. The molecule has 0 bridgehead atoms. The molecule has 318 valence electrons. The van der Waals surface area contributed by atoms with E-state index in [1.54, 1.807) is 7.11 Å². The normalized spacial score (nSPS) is 18.9. The van der Waals surface area contributed by atoms with Crippen LogP contribution in [0.5, 0.6) is 5.75 Å². The molecule has 6 rings (SSSR count). The zero-order valence-corrected chi connectivity index (χ0v) is 35.2. The Morgan fingerprint density at radius 2 is 1.34 bits per heavy atom. The summed E-state index contributed by atoms with van der Waals surface area (Å²) in [6, 6.07) is 26.9. The Bertz CT molecular complexity index is 1950. The molecule has 4 aromatic rings. The van der Waals surface area contributed by atoms with Crippen molar-refractivity contribution in [2.75, 3.05) is 66.1 Å². The molecule has 1 amide bonds. The highest BCUT2D eigenvalue weighted by Gasteiger charge is 2.52. The number of methoxy groups -OCH3 is 1. The third kappa shape index (κ3) is 10.4. The lowest BCUT2D eigenvalue weighted by Gasteiger charge is -2.44. The standard InChI is InChI=1S/C45H53F6N3O4Si/c1-32-16-17-33(25-41(32)58-59(43(2,3)4,39-12-8-6-9-13-39)40-14-10-7-11-15-40)24-37-29-52(18-19-53-22-23-57-38(30-53)31-56-5)20-21-54(37)42(55)34-26-35(44(46,47)48)28-36(27-34)45(49,50)51/h6-17,25-28,37-38H,18-24,29-31H2,1-5H3. The number of alkyl halides is 6. The fraction of sp³-hybridized carbons (Fsp3) is 0.444. The number of carbonyl (C=O) groups excluding carboxylic acids is 1. The van der Waals surface area contributed by atoms with E-state index in [-0.39, 0.29) is 30.2 Å². The monoisotopic (exact) mass is 841 g/mol. The van der Waals surface area contributed by atoms with Crippen molar-refractivity contribution in [1.29, 1.82) is 0 Å². The van der Waals surface area contributed by atoms with Crippen LogP contribution in [0.1, 0.15) is 53.4 Å². The number of ether oxygens (including phenoxy) is 2. The second kappa shape index (κ2) is 18.2. The number of halogens is 6. The Kier molecular flexibility index (Phi) is 13.7. The molecule has 2 saturated heterocycles. The second-order valence-corrected chi connectivity index (χ2v) is 20.8. The smallest absolute Gasteiger partial charge is 0.416 e. The third-order valence-corrected chi connectivity index (χ3v) is 16.3. The van der Waals surface area contributed by atoms with E-state index in [2.05, 4.69) is 54.8 Å². The molecule has 2 unspecified atom stereocenters. The molecule has 0 saturated carbocycles. The maximum absolute atomic E-state index is 14.2. The van der Waals surface area contributed by atoms with Crippen LogP contribution in [0.3, 0.4) is 0 Å². The highest BCUT2D eigenvalue weighted by molar-refractivity contribution is 7.00. The van der Waals surface area contributed by atoms with Gasteiger partial charge in [0.2, 0.25) is 0 Å². The van der Waals surface area contributed by atoms with Gasteiger partial charge in [0.15, 0.2) is 0 Å². The number of hydrogen-bond donors (Lipinski definition) is 0. The van der Waals surface area contributed by atoms with Gasteiger partial charge >= 0.3 is 20.7 Å². The number of morpholine rings is 1. The highest BCUT2D eigenvalue weighted by atomic mass is 28.4. The Morgan fingerprint density at radius 1 is 0.763 bits per heavy atom. The maximum atomic E-state index is 14.2. The molecule has 4 aromatic carbocycles. The van der Waals surface area contributed by atoms with Gasteiger partial charge in [-0.2, -0.15) is 26.3 Å². The summed E-state index contributed by atoms with van der Waals surface area (Å²) in [7, 11) is -1.41. The number of hydrogen-bond acceptors (Lipinski definition) is 6. The predicted octanol–water partition coefficient (Wildman–Crippen LogP) is 7.69. The summed E-state index contributed by atoms with van der Waals surface area (Å²) < 4.78 is 102. The Labute approximate surface area is 344 Å². The summed E-state index contributed by atoms with van der Waals surface area (Å²) >= 11 is 0. The van der Waals surface area contributed by atoms with E-state index in [0.717, 1.165) is 28.0 Å². The minimum absolute atomic E-state index is 0.0492. The summed E-state index contributed by atoms with van der Waals surface area (Å²) in [6.07, 6.45) is -9.93. The molecular weight excluding hydrogens is 789 g/mol. The van der Waals surface area contributed by atoms with Crippen molar-refractivity contribution < 1.29 is 45.0 Å². The first-order valence-corrected chi connectivity index (χ1v) is 21.8. The molecule has 7 nitrogen and oxygen atoms in total. The summed E-state index contributed by atoms with van der Waals surface area (Å²) in [5.74, 6) is -0.203. The lowest BCUT2D eigenvalue weighted by atomic mass is 9.98. The van der Waals surface area contributed by atoms with Crippen LogP contribution in [0.15, 0.2) is 97.1 Å². The molecule has 2 fully saturated rings. The van der Waals surface area contributed by atoms with Gasteiger partial charge in [-0.25, -0.2) is 0 Å². The Balaban J connectivity index is 1.34. The second-order valence-electron chi connectivity index (χ2n) is 16.6. The maximum Gasteiger partial charge on any atom is 0.416 e. The number of aryl methyl sites for hydroxylation is 1. The zero-order chi connectivity index (χ0) is 42.6. The first-order chi connectivity index (χ1) is 27.9. The molecule has 2 heterocycles. The predicted molar refractivity (Wildman–Crippen MR) is 219 cm³/mol. The van der Waals surface area contributed by atoms with Gasteiger partial charge in [-0.15, -0.1) is 0 Å². The molecule has 0 aromatic heterocycles. The van der Waals surface area contributed by atoms with Gasteiger partial charge < -0.3 is 18.8 Å². The van der Waals surface area contributed by atoms with E-state index in [1.807, 2.05) is 61.5 Å². The first-order valence-electron chi connectivity index (χ1n) is 19.9. The van der Waals surface area contributed by atoms with Crippen molar-refractivity contribution in [2.24, 2.45) is 0 Å². The van der Waals surface area contributed by atoms with E-state index < -0.39 is 49.3 Å². The van der Waals surface area contributed by atoms with Crippen LogP contribution in [-0.4, -0.2) is 107 Å². The molecule has 59 heavy (non-hydrogen) atoms. The topological polar surface area (TPSA) is 54.5 Å². The first kappa shape index (κ1) is 44.3. The summed E-state index contributed by atoms with van der Waals surface area (Å²) in [6.45, 7) is 13.3. The third-order valence-electron chi connectivity index (χ3n) is 11.4. The van der Waals surface area contributed by atoms with Crippen LogP contribution in [-0.2, 0) is 28.2 Å². The summed E-state index contributed by atoms with van der Waals surface area (Å²) in [5.41, 5.74) is -1.97. The molecule has 2 aliphatic heterocycles. The zero-order valence-electron chi connectivity index (χ0n) is 34.2. The van der Waals surface area contributed by atoms with Crippen LogP contribution in [0, 0.1) is 6.92 Å². The highest BCUT2D eigenvalue weighted by Crippen LogP contribution is 2.40. The fourth-order valence-electron chi connectivity index (χ4n) is 8.33. The largest absolute Gasteiger partial charge is 0.534 e. The van der Waals surface area contributed by atoms with E-state index in [1.165, 1.54) is 4.90 Å². The number of piperazine rings is 1. The van der Waals surface area contributed by atoms with Gasteiger partial charge in [0, 0.05) is 64.5 Å². The molecule has 14 heteroatoms. The van der Waals surface area contributed by atoms with Gasteiger partial charge in [0.25, 0.3) is 5.91 Å². The van der Waals surface area contributed by atoms with Crippen LogP contribution in [0.25, 0.3) is 0 Å². The molecule has 2 aliphatic rings. The van der Waals surface area contributed by atoms with Crippen LogP contribution in [0.4, 0.5) is 26.3 Å². The van der Waals surface area contributed by atoms with Crippen LogP contribution >= 0.6 is 0 Å². The molecule has 0 aliphatic carbocycles. The molecule has 0 N–H and O–H groups in total. The number of amides is 1. The van der Waals surface area contributed by atoms with Gasteiger partial charge in [0.1, 0.15) is 5.75 Å². The lowest BCUT2D eigenvalue weighted by molar-refractivity contribution is -0.143. The lowest BCUT2D eigenvalue weighted by Crippen LogP contribution is -2.68. The number of benzene rings is 4. The van der Waals surface area contributed by atoms with Crippen molar-refractivity contribution >= 4 is 24.6 Å². The van der Waals surface area contributed by atoms with Crippen LogP contribution < -0.4 is 14.8 Å². The van der Waals surface area contributed by atoms with E-state index >= 15 is 0 Å². The quantitative estimate of drug-likeness (QED) is 0.108. The SMILES string of the molecule is COCC1CN(CCN2CCN(C(=O)c3cc(C(F)(F)F)cc(C(F)(F)F)c3)C(Cc3ccc(C)c(O[Si](c4ccccc4)(c4ccccc4)C(C)(C)C)c3)C2)CCO1. The Hall–Kier alpha value is -4.21.